The molecule has 0 bridgehead atoms. The molecule has 0 radical (unpaired) electrons. The molecule has 7 heteroatoms. The van der Waals surface area contributed by atoms with Crippen molar-refractivity contribution in [3.63, 3.8) is 0 Å². The van der Waals surface area contributed by atoms with Gasteiger partial charge in [0, 0.05) is 23.8 Å². The van der Waals surface area contributed by atoms with Crippen molar-refractivity contribution in [3.8, 4) is 0 Å². The zero-order chi connectivity index (χ0) is 17.9. The van der Waals surface area contributed by atoms with Crippen LogP contribution in [-0.4, -0.2) is 48.0 Å². The number of primary amides is 1. The number of thioether (sulfide) groups is 1. The monoisotopic (exact) mass is 362 g/mol. The summed E-state index contributed by atoms with van der Waals surface area (Å²) in [5.41, 5.74) is 5.15. The van der Waals surface area contributed by atoms with Crippen LogP contribution in [-0.2, 0) is 24.9 Å². The molecule has 2 aliphatic rings. The lowest BCUT2D eigenvalue weighted by Crippen LogP contribution is -2.70. The maximum Gasteiger partial charge on any atom is 0.248 e. The topological polar surface area (TPSA) is 98.5 Å². The van der Waals surface area contributed by atoms with Gasteiger partial charge in [-0.05, 0) is 18.5 Å². The van der Waals surface area contributed by atoms with Gasteiger partial charge in [0.2, 0.25) is 5.91 Å². The number of ether oxygens (including phenoxy) is 1. The summed E-state index contributed by atoms with van der Waals surface area (Å²) in [6.45, 7) is 0.231. The number of nitrogens with one attached hydrogen (secondary N) is 1. The lowest BCUT2D eigenvalue weighted by Gasteiger charge is -2.39. The van der Waals surface area contributed by atoms with Crippen LogP contribution < -0.4 is 11.1 Å². The van der Waals surface area contributed by atoms with E-state index in [1.54, 1.807) is 11.8 Å². The summed E-state index contributed by atoms with van der Waals surface area (Å²) in [6, 6.07) is 10.1. The van der Waals surface area contributed by atoms with E-state index in [-0.39, 0.29) is 18.2 Å². The first kappa shape index (κ1) is 18.1. The highest BCUT2D eigenvalue weighted by Crippen LogP contribution is 2.35. The van der Waals surface area contributed by atoms with Crippen molar-refractivity contribution in [2.75, 3.05) is 18.9 Å². The number of hydrogen-bond donors (Lipinski definition) is 2. The SMILES string of the molecule is NC(=O)C12NCCC(C(=O)CCSCc3ccccc3)C1OCC2=O. The molecule has 3 N–H and O–H groups in total. The van der Waals surface area contributed by atoms with Crippen LogP contribution in [0.4, 0.5) is 0 Å². The Hall–Kier alpha value is -1.70. The fourth-order valence-corrected chi connectivity index (χ4v) is 4.49. The molecule has 2 heterocycles. The maximum atomic E-state index is 12.6. The number of fused-ring (bicyclic) bond motifs is 1. The molecule has 2 fully saturated rings. The highest BCUT2D eigenvalue weighted by molar-refractivity contribution is 7.98. The molecule has 6 nitrogen and oxygen atoms in total. The van der Waals surface area contributed by atoms with Crippen molar-refractivity contribution in [2.24, 2.45) is 11.7 Å². The first-order valence-electron chi connectivity index (χ1n) is 8.40. The van der Waals surface area contributed by atoms with Gasteiger partial charge < -0.3 is 10.5 Å². The summed E-state index contributed by atoms with van der Waals surface area (Å²) in [5, 5.41) is 2.91. The summed E-state index contributed by atoms with van der Waals surface area (Å²) >= 11 is 1.69. The molecule has 3 atom stereocenters. The minimum absolute atomic E-state index is 0.0346. The van der Waals surface area contributed by atoms with Gasteiger partial charge in [-0.2, -0.15) is 11.8 Å². The maximum absolute atomic E-state index is 12.6. The molecule has 1 aromatic rings. The van der Waals surface area contributed by atoms with Crippen molar-refractivity contribution < 1.29 is 19.1 Å². The Morgan fingerprint density at radius 3 is 2.80 bits per heavy atom. The predicted molar refractivity (Wildman–Crippen MR) is 95.0 cm³/mol. The van der Waals surface area contributed by atoms with Crippen LogP contribution in [0.5, 0.6) is 0 Å². The number of carbonyl (C=O) groups is 3. The molecule has 0 aliphatic carbocycles. The molecule has 134 valence electrons. The van der Waals surface area contributed by atoms with Gasteiger partial charge in [-0.25, -0.2) is 0 Å². The van der Waals surface area contributed by atoms with Crippen molar-refractivity contribution in [1.29, 1.82) is 0 Å². The largest absolute Gasteiger partial charge is 0.368 e. The van der Waals surface area contributed by atoms with Gasteiger partial charge in [0.05, 0.1) is 0 Å². The molecule has 0 saturated carbocycles. The first-order chi connectivity index (χ1) is 12.1. The van der Waals surface area contributed by atoms with Gasteiger partial charge in [-0.1, -0.05) is 30.3 Å². The van der Waals surface area contributed by atoms with Gasteiger partial charge >= 0.3 is 0 Å². The van der Waals surface area contributed by atoms with E-state index in [9.17, 15) is 14.4 Å². The number of hydrogen-bond acceptors (Lipinski definition) is 6. The minimum atomic E-state index is -1.53. The Kier molecular flexibility index (Phi) is 5.56. The van der Waals surface area contributed by atoms with Crippen LogP contribution in [0.15, 0.2) is 30.3 Å². The van der Waals surface area contributed by atoms with Crippen LogP contribution in [0.1, 0.15) is 18.4 Å². The van der Waals surface area contributed by atoms with Gasteiger partial charge in [0.25, 0.3) is 0 Å². The van der Waals surface area contributed by atoms with E-state index in [0.717, 1.165) is 5.75 Å². The molecule has 1 amide bonds. The normalized spacial score (nSPS) is 28.6. The first-order valence-corrected chi connectivity index (χ1v) is 9.55. The fraction of sp³-hybridized carbons (Fsp3) is 0.500. The van der Waals surface area contributed by atoms with E-state index in [1.165, 1.54) is 5.56 Å². The van der Waals surface area contributed by atoms with Crippen molar-refractivity contribution in [2.45, 2.75) is 30.2 Å². The Balaban J connectivity index is 1.57. The van der Waals surface area contributed by atoms with E-state index >= 15 is 0 Å². The third kappa shape index (κ3) is 3.49. The van der Waals surface area contributed by atoms with Crippen LogP contribution in [0, 0.1) is 5.92 Å². The molecule has 3 unspecified atom stereocenters. The number of rotatable bonds is 7. The van der Waals surface area contributed by atoms with E-state index in [4.69, 9.17) is 10.5 Å². The van der Waals surface area contributed by atoms with Gasteiger partial charge in [-0.3, -0.25) is 19.7 Å². The Bertz CT molecular complexity index is 666. The standard InChI is InChI=1S/C18H22N2O4S/c19-17(23)18-15(22)10-24-16(18)13(6-8-20-18)14(21)7-9-25-11-12-4-2-1-3-5-12/h1-5,13,16,20H,6-11H2,(H2,19,23). The fourth-order valence-electron chi connectivity index (χ4n) is 3.57. The molecule has 0 spiro atoms. The zero-order valence-electron chi connectivity index (χ0n) is 13.9. The number of ketones is 2. The number of Topliss-reactive ketones (excluding diaryl/α,β-unsaturated/α-hetero) is 2. The zero-order valence-corrected chi connectivity index (χ0v) is 14.7. The van der Waals surface area contributed by atoms with Gasteiger partial charge in [-0.15, -0.1) is 0 Å². The quantitative estimate of drug-likeness (QED) is 0.547. The molecular formula is C18H22N2O4S. The number of benzene rings is 1. The average molecular weight is 362 g/mol. The van der Waals surface area contributed by atoms with Crippen molar-refractivity contribution in [3.05, 3.63) is 35.9 Å². The third-order valence-corrected chi connectivity index (χ3v) is 5.92. The van der Waals surface area contributed by atoms with E-state index in [1.807, 2.05) is 18.2 Å². The number of nitrogens with two attached hydrogens (primary N) is 1. The third-order valence-electron chi connectivity index (χ3n) is 4.89. The highest BCUT2D eigenvalue weighted by atomic mass is 32.2. The van der Waals surface area contributed by atoms with Crippen LogP contribution >= 0.6 is 11.8 Å². The number of amides is 1. The number of piperidine rings is 1. The average Bonchev–Trinajstić information content (AvgIpc) is 2.97. The summed E-state index contributed by atoms with van der Waals surface area (Å²) in [7, 11) is 0. The second-order valence-corrected chi connectivity index (χ2v) is 7.51. The summed E-state index contributed by atoms with van der Waals surface area (Å²) in [6.07, 6.45) is 0.165. The number of carbonyl (C=O) groups excluding carboxylic acids is 3. The molecule has 25 heavy (non-hydrogen) atoms. The molecule has 2 saturated heterocycles. The lowest BCUT2D eigenvalue weighted by atomic mass is 9.75. The summed E-state index contributed by atoms with van der Waals surface area (Å²) in [4.78, 5) is 36.7. The minimum Gasteiger partial charge on any atom is -0.368 e. The lowest BCUT2D eigenvalue weighted by molar-refractivity contribution is -0.139. The highest BCUT2D eigenvalue weighted by Gasteiger charge is 2.61. The predicted octanol–water partition coefficient (Wildman–Crippen LogP) is 0.680. The van der Waals surface area contributed by atoms with Gasteiger partial charge in [0.1, 0.15) is 18.5 Å². The van der Waals surface area contributed by atoms with E-state index in [2.05, 4.69) is 17.4 Å². The van der Waals surface area contributed by atoms with Crippen molar-refractivity contribution >= 4 is 29.2 Å². The molecule has 2 aliphatic heterocycles. The van der Waals surface area contributed by atoms with E-state index in [0.29, 0.717) is 25.1 Å². The Labute approximate surface area is 150 Å². The Morgan fingerprint density at radius 2 is 2.08 bits per heavy atom. The molecule has 1 aromatic carbocycles. The Morgan fingerprint density at radius 1 is 1.32 bits per heavy atom. The second-order valence-electron chi connectivity index (χ2n) is 6.40. The summed E-state index contributed by atoms with van der Waals surface area (Å²) in [5.74, 6) is -0.00638. The molecular weight excluding hydrogens is 340 g/mol. The molecule has 0 aromatic heterocycles. The van der Waals surface area contributed by atoms with Crippen LogP contribution in [0.25, 0.3) is 0 Å². The van der Waals surface area contributed by atoms with Crippen LogP contribution in [0.2, 0.25) is 0 Å². The van der Waals surface area contributed by atoms with Gasteiger partial charge in [0.15, 0.2) is 11.3 Å². The summed E-state index contributed by atoms with van der Waals surface area (Å²) < 4.78 is 5.50. The smallest absolute Gasteiger partial charge is 0.248 e. The van der Waals surface area contributed by atoms with Crippen LogP contribution in [0.3, 0.4) is 0 Å². The van der Waals surface area contributed by atoms with E-state index < -0.39 is 23.5 Å². The second kappa shape index (κ2) is 7.68. The van der Waals surface area contributed by atoms with Crippen molar-refractivity contribution in [1.82, 2.24) is 5.32 Å². The molecule has 3 rings (SSSR count).